The summed E-state index contributed by atoms with van der Waals surface area (Å²) in [5.41, 5.74) is 6.72. The van der Waals surface area contributed by atoms with Crippen LogP contribution in [-0.4, -0.2) is 9.97 Å². The number of benzene rings is 6. The molecule has 0 saturated heterocycles. The molecule has 0 N–H and O–H groups in total. The Morgan fingerprint density at radius 3 is 2.20 bits per heavy atom. The van der Waals surface area contributed by atoms with E-state index in [1.54, 1.807) is 6.20 Å². The van der Waals surface area contributed by atoms with Crippen molar-refractivity contribution in [3.05, 3.63) is 157 Å². The summed E-state index contributed by atoms with van der Waals surface area (Å²) in [6, 6.07) is 49.2. The number of fused-ring (bicyclic) bond motifs is 7. The average Bonchev–Trinajstić information content (AvgIpc) is 3.07. The second-order valence-corrected chi connectivity index (χ2v) is 11.6. The molecule has 0 bridgehead atoms. The van der Waals surface area contributed by atoms with E-state index in [4.69, 9.17) is 4.98 Å². The molecule has 0 spiro atoms. The van der Waals surface area contributed by atoms with E-state index in [0.717, 1.165) is 27.9 Å². The summed E-state index contributed by atoms with van der Waals surface area (Å²) in [5.74, 6) is 0. The molecule has 6 aromatic carbocycles. The first kappa shape index (κ1) is 28.1. The largest absolute Gasteiger partial charge is 0.305 e. The van der Waals surface area contributed by atoms with Gasteiger partial charge in [0.05, 0.1) is 0 Å². The summed E-state index contributed by atoms with van der Waals surface area (Å²) in [5, 5.41) is 10.1. The maximum atomic E-state index is 4.89. The quantitative estimate of drug-likeness (QED) is 0.124. The molecule has 1 aliphatic rings. The van der Waals surface area contributed by atoms with Crippen molar-refractivity contribution in [2.75, 3.05) is 0 Å². The maximum Gasteiger partial charge on any atom is 0.0189 e. The second kappa shape index (κ2) is 11.1. The molecule has 0 unspecified atom stereocenters. The molecule has 0 amide bonds. The SMILES string of the molecule is CC1(C)c2cc3ccccc3[c-]c2-c2nccc3c2c1cc1c2ccccc2ccc31.[Ir].[c-]1ccccc1-c1ccccn1. The van der Waals surface area contributed by atoms with Crippen LogP contribution < -0.4 is 0 Å². The molecule has 0 atom stereocenters. The first-order chi connectivity index (χ1) is 21.1. The Balaban J connectivity index is 0.000000203. The van der Waals surface area contributed by atoms with Gasteiger partial charge in [-0.05, 0) is 61.1 Å². The number of aromatic nitrogens is 2. The van der Waals surface area contributed by atoms with E-state index in [1.807, 2.05) is 48.7 Å². The van der Waals surface area contributed by atoms with Crippen LogP contribution in [0, 0.1) is 12.1 Å². The van der Waals surface area contributed by atoms with Crippen molar-refractivity contribution in [1.29, 1.82) is 0 Å². The average molecular weight is 741 g/mol. The number of rotatable bonds is 1. The van der Waals surface area contributed by atoms with Crippen molar-refractivity contribution < 1.29 is 20.1 Å². The van der Waals surface area contributed by atoms with Crippen molar-refractivity contribution in [3.63, 3.8) is 0 Å². The summed E-state index contributed by atoms with van der Waals surface area (Å²) in [6.07, 6.45) is 3.75. The molecule has 2 nitrogen and oxygen atoms in total. The maximum absolute atomic E-state index is 4.89. The number of hydrogen-bond donors (Lipinski definition) is 0. The van der Waals surface area contributed by atoms with Gasteiger partial charge in [-0.15, -0.1) is 59.5 Å². The summed E-state index contributed by atoms with van der Waals surface area (Å²) in [6.45, 7) is 4.69. The Morgan fingerprint density at radius 2 is 1.39 bits per heavy atom. The minimum absolute atomic E-state index is 0. The van der Waals surface area contributed by atoms with Crippen molar-refractivity contribution in [1.82, 2.24) is 9.97 Å². The molecule has 0 aliphatic heterocycles. The number of hydrogen-bond acceptors (Lipinski definition) is 2. The Labute approximate surface area is 270 Å². The molecule has 2 aromatic heterocycles. The Hall–Kier alpha value is -4.69. The molecule has 2 heterocycles. The Morgan fingerprint density at radius 1 is 0.591 bits per heavy atom. The van der Waals surface area contributed by atoms with Crippen molar-refractivity contribution in [2.45, 2.75) is 19.3 Å². The monoisotopic (exact) mass is 741 g/mol. The summed E-state index contributed by atoms with van der Waals surface area (Å²) < 4.78 is 0. The van der Waals surface area contributed by atoms with E-state index in [1.165, 1.54) is 48.8 Å². The van der Waals surface area contributed by atoms with Crippen LogP contribution in [0.5, 0.6) is 0 Å². The van der Waals surface area contributed by atoms with Crippen LogP contribution in [0.25, 0.3) is 65.6 Å². The van der Waals surface area contributed by atoms with Gasteiger partial charge in [-0.3, -0.25) is 4.98 Å². The predicted octanol–water partition coefficient (Wildman–Crippen LogP) is 10.3. The van der Waals surface area contributed by atoms with Gasteiger partial charge in [0.1, 0.15) is 0 Å². The predicted molar refractivity (Wildman–Crippen MR) is 179 cm³/mol. The molecular formula is C41H28IrN2-2. The third-order valence-corrected chi connectivity index (χ3v) is 8.79. The molecule has 1 aliphatic carbocycles. The van der Waals surface area contributed by atoms with E-state index in [-0.39, 0.29) is 25.5 Å². The fourth-order valence-electron chi connectivity index (χ4n) is 6.61. The van der Waals surface area contributed by atoms with Crippen LogP contribution in [0.2, 0.25) is 0 Å². The zero-order valence-electron chi connectivity index (χ0n) is 24.4. The molecule has 0 fully saturated rings. The molecule has 3 heteroatoms. The van der Waals surface area contributed by atoms with E-state index >= 15 is 0 Å². The van der Waals surface area contributed by atoms with Crippen LogP contribution >= 0.6 is 0 Å². The van der Waals surface area contributed by atoms with Gasteiger partial charge in [-0.1, -0.05) is 103 Å². The van der Waals surface area contributed by atoms with Crippen LogP contribution in [0.15, 0.2) is 134 Å². The van der Waals surface area contributed by atoms with Gasteiger partial charge in [-0.25, -0.2) is 0 Å². The second-order valence-electron chi connectivity index (χ2n) is 11.6. The fraction of sp³-hybridized carbons (Fsp3) is 0.0732. The van der Waals surface area contributed by atoms with E-state index < -0.39 is 0 Å². The minimum atomic E-state index is -0.144. The minimum Gasteiger partial charge on any atom is -0.305 e. The Kier molecular flexibility index (Phi) is 7.09. The molecular weight excluding hydrogens is 713 g/mol. The van der Waals surface area contributed by atoms with Crippen molar-refractivity contribution in [2.24, 2.45) is 0 Å². The first-order valence-electron chi connectivity index (χ1n) is 14.7. The van der Waals surface area contributed by atoms with E-state index in [0.29, 0.717) is 0 Å². The number of nitrogens with zero attached hydrogens (tertiary/aromatic N) is 2. The standard InChI is InChI=1S/C30H20N.C11H8N.Ir/c1-30(2)26-16-20-9-4-3-8-19(20)15-25(26)29-28-23(13-14-31-29)22-12-11-18-7-5-6-10-21(18)24(22)17-27(28)30;1-2-6-10(7-3-1)11-8-4-5-9-12-11;/h3-14,16-17H,1-2H3;1-6,8-9H;/q2*-1;. The first-order valence-corrected chi connectivity index (χ1v) is 14.7. The molecule has 1 radical (unpaired) electrons. The smallest absolute Gasteiger partial charge is 0.0189 e. The van der Waals surface area contributed by atoms with E-state index in [9.17, 15) is 0 Å². The Bertz CT molecular complexity index is 2270. The molecule has 9 rings (SSSR count). The molecule has 44 heavy (non-hydrogen) atoms. The van der Waals surface area contributed by atoms with Gasteiger partial charge >= 0.3 is 0 Å². The van der Waals surface area contributed by atoms with Gasteiger partial charge in [0.2, 0.25) is 0 Å². The van der Waals surface area contributed by atoms with Crippen LogP contribution in [0.3, 0.4) is 0 Å². The summed E-state index contributed by atoms with van der Waals surface area (Å²) in [7, 11) is 0. The third-order valence-electron chi connectivity index (χ3n) is 8.79. The van der Waals surface area contributed by atoms with Crippen molar-refractivity contribution >= 4 is 43.1 Å². The van der Waals surface area contributed by atoms with Gasteiger partial charge in [0.25, 0.3) is 0 Å². The molecule has 8 aromatic rings. The van der Waals surface area contributed by atoms with Gasteiger partial charge in [-0.2, -0.15) is 0 Å². The molecule has 0 saturated carbocycles. The van der Waals surface area contributed by atoms with Gasteiger partial charge in [0, 0.05) is 38.2 Å². The number of pyridine rings is 2. The van der Waals surface area contributed by atoms with Crippen LogP contribution in [0.1, 0.15) is 25.0 Å². The van der Waals surface area contributed by atoms with E-state index in [2.05, 4.69) is 110 Å². The van der Waals surface area contributed by atoms with Gasteiger partial charge in [0.15, 0.2) is 0 Å². The van der Waals surface area contributed by atoms with Crippen molar-refractivity contribution in [3.8, 4) is 22.5 Å². The topological polar surface area (TPSA) is 25.8 Å². The van der Waals surface area contributed by atoms with Crippen LogP contribution in [-0.2, 0) is 25.5 Å². The van der Waals surface area contributed by atoms with Crippen LogP contribution in [0.4, 0.5) is 0 Å². The molecule has 213 valence electrons. The summed E-state index contributed by atoms with van der Waals surface area (Å²) >= 11 is 0. The summed E-state index contributed by atoms with van der Waals surface area (Å²) in [4.78, 5) is 9.11. The third kappa shape index (κ3) is 4.52. The fourth-order valence-corrected chi connectivity index (χ4v) is 6.61. The normalized spacial score (nSPS) is 12.8. The zero-order valence-corrected chi connectivity index (χ0v) is 26.8. The zero-order chi connectivity index (χ0) is 29.0. The van der Waals surface area contributed by atoms with Gasteiger partial charge < -0.3 is 4.98 Å².